The van der Waals surface area contributed by atoms with Gasteiger partial charge in [-0.2, -0.15) is 4.31 Å². The zero-order valence-electron chi connectivity index (χ0n) is 14.4. The highest BCUT2D eigenvalue weighted by atomic mass is 32.2. The fourth-order valence-electron chi connectivity index (χ4n) is 2.93. The minimum Gasteiger partial charge on any atom is -0.289 e. The summed E-state index contributed by atoms with van der Waals surface area (Å²) >= 11 is 0. The van der Waals surface area contributed by atoms with E-state index in [-0.39, 0.29) is 16.4 Å². The van der Waals surface area contributed by atoms with Gasteiger partial charge in [0.25, 0.3) is 5.69 Å². The van der Waals surface area contributed by atoms with Crippen molar-refractivity contribution in [3.8, 4) is 0 Å². The molecule has 0 aromatic heterocycles. The van der Waals surface area contributed by atoms with Gasteiger partial charge in [-0.15, -0.1) is 0 Å². The molecule has 0 bridgehead atoms. The van der Waals surface area contributed by atoms with Crippen LogP contribution in [0, 0.1) is 10.1 Å². The Bertz CT molecular complexity index is 991. The van der Waals surface area contributed by atoms with Crippen LogP contribution < -0.4 is 0 Å². The Morgan fingerprint density at radius 2 is 1.67 bits per heavy atom. The Morgan fingerprint density at radius 1 is 1.04 bits per heavy atom. The minimum atomic E-state index is -3.52. The van der Waals surface area contributed by atoms with Gasteiger partial charge < -0.3 is 0 Å². The van der Waals surface area contributed by atoms with Gasteiger partial charge in [-0.1, -0.05) is 12.1 Å². The van der Waals surface area contributed by atoms with Crippen LogP contribution in [0.1, 0.15) is 28.8 Å². The number of carbonyl (C=O) groups is 1. The average molecular weight is 386 g/mol. The van der Waals surface area contributed by atoms with Gasteiger partial charge >= 0.3 is 0 Å². The van der Waals surface area contributed by atoms with Gasteiger partial charge in [0.1, 0.15) is 0 Å². The van der Waals surface area contributed by atoms with E-state index >= 15 is 0 Å². The number of nitro groups is 1. The summed E-state index contributed by atoms with van der Waals surface area (Å²) in [5.74, 6) is -0.363. The Kier molecular flexibility index (Phi) is 5.48. The molecule has 0 atom stereocenters. The Hall–Kier alpha value is -2.84. The molecule has 1 fully saturated rings. The second kappa shape index (κ2) is 7.81. The highest BCUT2D eigenvalue weighted by Crippen LogP contribution is 2.22. The summed E-state index contributed by atoms with van der Waals surface area (Å²) in [6.07, 6.45) is 4.33. The summed E-state index contributed by atoms with van der Waals surface area (Å²) in [7, 11) is -3.52. The molecule has 8 heteroatoms. The fourth-order valence-corrected chi connectivity index (χ4v) is 4.44. The number of ketones is 1. The molecule has 1 heterocycles. The van der Waals surface area contributed by atoms with Gasteiger partial charge in [0, 0.05) is 24.7 Å². The van der Waals surface area contributed by atoms with Crippen LogP contribution in [0.25, 0.3) is 6.08 Å². The van der Waals surface area contributed by atoms with Crippen molar-refractivity contribution < 1.29 is 18.1 Å². The molecule has 27 heavy (non-hydrogen) atoms. The number of para-hydroxylation sites is 1. The predicted molar refractivity (Wildman–Crippen MR) is 101 cm³/mol. The Morgan fingerprint density at radius 3 is 2.30 bits per heavy atom. The van der Waals surface area contributed by atoms with Gasteiger partial charge in [0.2, 0.25) is 10.0 Å². The van der Waals surface area contributed by atoms with Crippen LogP contribution in [0.5, 0.6) is 0 Å². The first-order valence-corrected chi connectivity index (χ1v) is 9.89. The van der Waals surface area contributed by atoms with Crippen LogP contribution >= 0.6 is 0 Å². The number of nitro benzene ring substituents is 1. The van der Waals surface area contributed by atoms with Crippen molar-refractivity contribution >= 4 is 27.6 Å². The molecular weight excluding hydrogens is 368 g/mol. The maximum absolute atomic E-state index is 12.5. The number of sulfonamides is 1. The predicted octanol–water partition coefficient (Wildman–Crippen LogP) is 3.28. The number of hydrogen-bond donors (Lipinski definition) is 0. The monoisotopic (exact) mass is 386 g/mol. The van der Waals surface area contributed by atoms with Crippen molar-refractivity contribution in [2.45, 2.75) is 17.7 Å². The Labute approximate surface area is 157 Å². The summed E-state index contributed by atoms with van der Waals surface area (Å²) in [6.45, 7) is 1.03. The fraction of sp³-hybridized carbons (Fsp3) is 0.211. The first-order valence-electron chi connectivity index (χ1n) is 8.45. The van der Waals surface area contributed by atoms with Crippen LogP contribution in [0.2, 0.25) is 0 Å². The highest BCUT2D eigenvalue weighted by Gasteiger charge is 2.27. The summed E-state index contributed by atoms with van der Waals surface area (Å²) in [4.78, 5) is 22.9. The average Bonchev–Trinajstić information content (AvgIpc) is 3.22. The summed E-state index contributed by atoms with van der Waals surface area (Å²) in [5.41, 5.74) is 0.544. The van der Waals surface area contributed by atoms with E-state index in [0.29, 0.717) is 24.2 Å². The molecule has 0 radical (unpaired) electrons. The molecule has 1 saturated heterocycles. The van der Waals surface area contributed by atoms with E-state index in [0.717, 1.165) is 12.8 Å². The molecule has 0 amide bonds. The van der Waals surface area contributed by atoms with E-state index in [1.165, 1.54) is 46.8 Å². The molecule has 3 rings (SSSR count). The van der Waals surface area contributed by atoms with Gasteiger partial charge in [-0.3, -0.25) is 14.9 Å². The Balaban J connectivity index is 1.78. The zero-order chi connectivity index (χ0) is 19.4. The van der Waals surface area contributed by atoms with Gasteiger partial charge in [-0.25, -0.2) is 8.42 Å². The lowest BCUT2D eigenvalue weighted by Gasteiger charge is -2.15. The maximum Gasteiger partial charge on any atom is 0.276 e. The number of allylic oxidation sites excluding steroid dienone is 1. The lowest BCUT2D eigenvalue weighted by molar-refractivity contribution is -0.385. The smallest absolute Gasteiger partial charge is 0.276 e. The standard InChI is InChI=1S/C19H18N2O5S/c22-19(12-9-15-5-1-2-6-18(15)21(23)24)16-7-10-17(11-8-16)27(25,26)20-13-3-4-14-20/h1-2,5-12H,3-4,13-14H2/b12-9+. The topological polar surface area (TPSA) is 97.6 Å². The van der Waals surface area contributed by atoms with Gasteiger partial charge in [0.05, 0.1) is 15.4 Å². The van der Waals surface area contributed by atoms with E-state index in [4.69, 9.17) is 0 Å². The molecule has 1 aliphatic rings. The van der Waals surface area contributed by atoms with Crippen LogP contribution in [-0.4, -0.2) is 36.5 Å². The lowest BCUT2D eigenvalue weighted by atomic mass is 10.1. The quantitative estimate of drug-likeness (QED) is 0.328. The highest BCUT2D eigenvalue weighted by molar-refractivity contribution is 7.89. The second-order valence-electron chi connectivity index (χ2n) is 6.15. The molecule has 0 saturated carbocycles. The third-order valence-electron chi connectivity index (χ3n) is 4.39. The normalized spacial score (nSPS) is 15.3. The van der Waals surface area contributed by atoms with E-state index in [2.05, 4.69) is 0 Å². The molecule has 1 aliphatic heterocycles. The van der Waals surface area contributed by atoms with E-state index in [1.807, 2.05) is 0 Å². The molecular formula is C19H18N2O5S. The molecule has 2 aromatic rings. The largest absolute Gasteiger partial charge is 0.289 e. The van der Waals surface area contributed by atoms with Crippen LogP contribution in [0.15, 0.2) is 59.5 Å². The SMILES string of the molecule is O=C(/C=C/c1ccccc1[N+](=O)[O-])c1ccc(S(=O)(=O)N2CCCC2)cc1. The molecule has 0 unspecified atom stereocenters. The molecule has 2 aromatic carbocycles. The van der Waals surface area contributed by atoms with E-state index in [1.54, 1.807) is 18.2 Å². The van der Waals surface area contributed by atoms with Crippen molar-refractivity contribution in [1.82, 2.24) is 4.31 Å². The third-order valence-corrected chi connectivity index (χ3v) is 6.30. The third kappa shape index (κ3) is 4.12. The number of benzene rings is 2. The first kappa shape index (κ1) is 18.9. The maximum atomic E-state index is 12.5. The summed E-state index contributed by atoms with van der Waals surface area (Å²) < 4.78 is 26.4. The van der Waals surface area contributed by atoms with Crippen molar-refractivity contribution in [1.29, 1.82) is 0 Å². The second-order valence-corrected chi connectivity index (χ2v) is 8.09. The van der Waals surface area contributed by atoms with Crippen LogP contribution in [0.3, 0.4) is 0 Å². The lowest BCUT2D eigenvalue weighted by Crippen LogP contribution is -2.27. The summed E-state index contributed by atoms with van der Waals surface area (Å²) in [5, 5.41) is 11.0. The summed E-state index contributed by atoms with van der Waals surface area (Å²) in [6, 6.07) is 11.9. The molecule has 0 aliphatic carbocycles. The number of rotatable bonds is 6. The van der Waals surface area contributed by atoms with Crippen LogP contribution in [0.4, 0.5) is 5.69 Å². The van der Waals surface area contributed by atoms with Crippen molar-refractivity contribution in [3.05, 3.63) is 75.8 Å². The van der Waals surface area contributed by atoms with Crippen molar-refractivity contribution in [3.63, 3.8) is 0 Å². The minimum absolute atomic E-state index is 0.0893. The van der Waals surface area contributed by atoms with E-state index in [9.17, 15) is 23.3 Å². The molecule has 7 nitrogen and oxygen atoms in total. The van der Waals surface area contributed by atoms with Crippen molar-refractivity contribution in [2.75, 3.05) is 13.1 Å². The molecule has 0 N–H and O–H groups in total. The van der Waals surface area contributed by atoms with Gasteiger partial charge in [-0.05, 0) is 55.3 Å². The van der Waals surface area contributed by atoms with E-state index < -0.39 is 14.9 Å². The number of nitrogens with zero attached hydrogens (tertiary/aromatic N) is 2. The molecule has 0 spiro atoms. The number of carbonyl (C=O) groups excluding carboxylic acids is 1. The van der Waals surface area contributed by atoms with Crippen molar-refractivity contribution in [2.24, 2.45) is 0 Å². The number of hydrogen-bond acceptors (Lipinski definition) is 5. The molecule has 140 valence electrons. The van der Waals surface area contributed by atoms with Crippen LogP contribution in [-0.2, 0) is 10.0 Å². The van der Waals surface area contributed by atoms with Gasteiger partial charge in [0.15, 0.2) is 5.78 Å². The zero-order valence-corrected chi connectivity index (χ0v) is 15.3. The first-order chi connectivity index (χ1) is 12.9.